The van der Waals surface area contributed by atoms with Crippen molar-refractivity contribution in [3.05, 3.63) is 47.2 Å². The number of nitrogens with zero attached hydrogens (tertiary/aromatic N) is 1. The zero-order valence-electron chi connectivity index (χ0n) is 9.61. The number of carbonyl (C=O) groups is 1. The Morgan fingerprint density at radius 2 is 2.17 bits per heavy atom. The van der Waals surface area contributed by atoms with E-state index in [1.54, 1.807) is 12.4 Å². The highest BCUT2D eigenvalue weighted by Crippen LogP contribution is 2.36. The molecule has 1 aromatic heterocycles. The molecule has 90 valence electrons. The smallest absolute Gasteiger partial charge is 0.224 e. The second-order valence-electron chi connectivity index (χ2n) is 4.28. The van der Waals surface area contributed by atoms with Gasteiger partial charge in [0.05, 0.1) is 5.69 Å². The third-order valence-electron chi connectivity index (χ3n) is 3.04. The molecule has 3 rings (SSSR count). The molecular weight excluding hydrogens is 248 g/mol. The van der Waals surface area contributed by atoms with E-state index >= 15 is 0 Å². The van der Waals surface area contributed by atoms with Gasteiger partial charge >= 0.3 is 0 Å². The Kier molecular flexibility index (Phi) is 2.76. The van der Waals surface area contributed by atoms with Crippen LogP contribution in [0.1, 0.15) is 12.0 Å². The van der Waals surface area contributed by atoms with E-state index in [2.05, 4.69) is 10.3 Å². The van der Waals surface area contributed by atoms with Crippen molar-refractivity contribution in [2.24, 2.45) is 0 Å². The second kappa shape index (κ2) is 4.42. The third kappa shape index (κ3) is 1.97. The van der Waals surface area contributed by atoms with Gasteiger partial charge in [0.2, 0.25) is 5.91 Å². The van der Waals surface area contributed by atoms with Crippen LogP contribution in [0.5, 0.6) is 0 Å². The van der Waals surface area contributed by atoms with Crippen molar-refractivity contribution in [2.75, 3.05) is 5.32 Å². The van der Waals surface area contributed by atoms with Gasteiger partial charge in [-0.2, -0.15) is 0 Å². The fourth-order valence-corrected chi connectivity index (χ4v) is 2.45. The largest absolute Gasteiger partial charge is 0.325 e. The lowest BCUT2D eigenvalue weighted by atomic mass is 9.96. The standard InChI is InChI=1S/C14H11ClN2O/c15-11-6-9-3-4-13(18)17-14(9)12(7-11)10-2-1-5-16-8-10/h1-2,5-8H,3-4H2,(H,17,18). The Morgan fingerprint density at radius 1 is 1.28 bits per heavy atom. The summed E-state index contributed by atoms with van der Waals surface area (Å²) < 4.78 is 0. The van der Waals surface area contributed by atoms with Crippen LogP contribution < -0.4 is 5.32 Å². The van der Waals surface area contributed by atoms with Crippen LogP contribution in [0.3, 0.4) is 0 Å². The van der Waals surface area contributed by atoms with Gasteiger partial charge < -0.3 is 5.32 Å². The van der Waals surface area contributed by atoms with E-state index in [1.165, 1.54) is 0 Å². The van der Waals surface area contributed by atoms with E-state index in [0.717, 1.165) is 28.8 Å². The highest BCUT2D eigenvalue weighted by atomic mass is 35.5. The molecule has 1 N–H and O–H groups in total. The number of benzene rings is 1. The van der Waals surface area contributed by atoms with Crippen LogP contribution in [0.2, 0.25) is 5.02 Å². The van der Waals surface area contributed by atoms with Crippen molar-refractivity contribution in [1.29, 1.82) is 0 Å². The van der Waals surface area contributed by atoms with Crippen molar-refractivity contribution in [2.45, 2.75) is 12.8 Å². The van der Waals surface area contributed by atoms with Gasteiger partial charge in [-0.15, -0.1) is 0 Å². The molecule has 1 aliphatic rings. The lowest BCUT2D eigenvalue weighted by Crippen LogP contribution is -2.19. The number of aromatic nitrogens is 1. The van der Waals surface area contributed by atoms with Gasteiger partial charge in [-0.05, 0) is 30.2 Å². The third-order valence-corrected chi connectivity index (χ3v) is 3.26. The maximum Gasteiger partial charge on any atom is 0.224 e. The molecule has 18 heavy (non-hydrogen) atoms. The minimum Gasteiger partial charge on any atom is -0.325 e. The number of anilines is 1. The quantitative estimate of drug-likeness (QED) is 0.853. The van der Waals surface area contributed by atoms with Crippen LogP contribution in [0.4, 0.5) is 5.69 Å². The Hall–Kier alpha value is -1.87. The summed E-state index contributed by atoms with van der Waals surface area (Å²) in [6, 6.07) is 7.60. The van der Waals surface area contributed by atoms with E-state index in [9.17, 15) is 4.79 Å². The number of fused-ring (bicyclic) bond motifs is 1. The zero-order chi connectivity index (χ0) is 12.5. The first-order valence-electron chi connectivity index (χ1n) is 5.77. The average molecular weight is 259 g/mol. The van der Waals surface area contributed by atoms with Crippen LogP contribution in [0, 0.1) is 0 Å². The van der Waals surface area contributed by atoms with Gasteiger partial charge in [0.1, 0.15) is 0 Å². The van der Waals surface area contributed by atoms with Crippen molar-refractivity contribution < 1.29 is 4.79 Å². The van der Waals surface area contributed by atoms with Crippen LogP contribution in [0.25, 0.3) is 11.1 Å². The summed E-state index contributed by atoms with van der Waals surface area (Å²) in [5.74, 6) is 0.0509. The normalized spacial score (nSPS) is 13.9. The molecule has 1 aliphatic heterocycles. The molecular formula is C14H11ClN2O. The predicted octanol–water partition coefficient (Wildman–Crippen LogP) is 3.29. The maximum absolute atomic E-state index is 11.5. The fourth-order valence-electron chi connectivity index (χ4n) is 2.21. The zero-order valence-corrected chi connectivity index (χ0v) is 10.4. The molecule has 0 unspecified atom stereocenters. The topological polar surface area (TPSA) is 42.0 Å². The van der Waals surface area contributed by atoms with Gasteiger partial charge in [0.15, 0.2) is 0 Å². The van der Waals surface area contributed by atoms with E-state index in [0.29, 0.717) is 11.4 Å². The number of hydrogen-bond acceptors (Lipinski definition) is 2. The average Bonchev–Trinajstić information content (AvgIpc) is 2.39. The van der Waals surface area contributed by atoms with Crippen LogP contribution in [-0.4, -0.2) is 10.9 Å². The minimum absolute atomic E-state index is 0.0509. The van der Waals surface area contributed by atoms with E-state index in [4.69, 9.17) is 11.6 Å². The first-order valence-corrected chi connectivity index (χ1v) is 6.14. The molecule has 0 aliphatic carbocycles. The van der Waals surface area contributed by atoms with Gasteiger partial charge in [-0.1, -0.05) is 17.7 Å². The number of hydrogen-bond donors (Lipinski definition) is 1. The SMILES string of the molecule is O=C1CCc2cc(Cl)cc(-c3cccnc3)c2N1. The van der Waals surface area contributed by atoms with Crippen LogP contribution >= 0.6 is 11.6 Å². The number of halogens is 1. The molecule has 2 heterocycles. The van der Waals surface area contributed by atoms with E-state index in [1.807, 2.05) is 24.3 Å². The minimum atomic E-state index is 0.0509. The maximum atomic E-state index is 11.5. The van der Waals surface area contributed by atoms with Gasteiger partial charge in [-0.25, -0.2) is 0 Å². The molecule has 3 nitrogen and oxygen atoms in total. The van der Waals surface area contributed by atoms with Crippen molar-refractivity contribution in [3.63, 3.8) is 0 Å². The number of rotatable bonds is 1. The highest BCUT2D eigenvalue weighted by Gasteiger charge is 2.19. The molecule has 2 aromatic rings. The summed E-state index contributed by atoms with van der Waals surface area (Å²) in [6.45, 7) is 0. The summed E-state index contributed by atoms with van der Waals surface area (Å²) >= 11 is 6.13. The summed E-state index contributed by atoms with van der Waals surface area (Å²) in [7, 11) is 0. The summed E-state index contributed by atoms with van der Waals surface area (Å²) in [4.78, 5) is 15.6. The molecule has 1 aromatic carbocycles. The van der Waals surface area contributed by atoms with Crippen molar-refractivity contribution >= 4 is 23.2 Å². The van der Waals surface area contributed by atoms with Crippen molar-refractivity contribution in [1.82, 2.24) is 4.98 Å². The van der Waals surface area contributed by atoms with E-state index in [-0.39, 0.29) is 5.91 Å². The monoisotopic (exact) mass is 258 g/mol. The Bertz CT molecular complexity index is 611. The highest BCUT2D eigenvalue weighted by molar-refractivity contribution is 6.31. The molecule has 0 saturated heterocycles. The van der Waals surface area contributed by atoms with Gasteiger partial charge in [0, 0.05) is 35.0 Å². The molecule has 0 spiro atoms. The number of nitrogens with one attached hydrogen (secondary N) is 1. The summed E-state index contributed by atoms with van der Waals surface area (Å²) in [6.07, 6.45) is 4.74. The number of carbonyl (C=O) groups excluding carboxylic acids is 1. The molecule has 0 bridgehead atoms. The predicted molar refractivity (Wildman–Crippen MR) is 71.6 cm³/mol. The molecule has 0 fully saturated rings. The number of amides is 1. The Balaban J connectivity index is 2.20. The number of aryl methyl sites for hydroxylation is 1. The second-order valence-corrected chi connectivity index (χ2v) is 4.71. The number of pyridine rings is 1. The first kappa shape index (κ1) is 11.2. The molecule has 0 radical (unpaired) electrons. The Labute approximate surface area is 110 Å². The van der Waals surface area contributed by atoms with Crippen molar-refractivity contribution in [3.8, 4) is 11.1 Å². The van der Waals surface area contributed by atoms with Crippen LogP contribution in [-0.2, 0) is 11.2 Å². The molecule has 1 amide bonds. The molecule has 0 atom stereocenters. The lowest BCUT2D eigenvalue weighted by Gasteiger charge is -2.20. The summed E-state index contributed by atoms with van der Waals surface area (Å²) in [5.41, 5.74) is 3.83. The van der Waals surface area contributed by atoms with Gasteiger partial charge in [-0.3, -0.25) is 9.78 Å². The fraction of sp³-hybridized carbons (Fsp3) is 0.143. The molecule has 4 heteroatoms. The molecule has 0 saturated carbocycles. The van der Waals surface area contributed by atoms with E-state index < -0.39 is 0 Å². The van der Waals surface area contributed by atoms with Gasteiger partial charge in [0.25, 0.3) is 0 Å². The van der Waals surface area contributed by atoms with Crippen LogP contribution in [0.15, 0.2) is 36.7 Å². The Morgan fingerprint density at radius 3 is 2.94 bits per heavy atom. The lowest BCUT2D eigenvalue weighted by molar-refractivity contribution is -0.116. The summed E-state index contributed by atoms with van der Waals surface area (Å²) in [5, 5.41) is 3.61. The first-order chi connectivity index (χ1) is 8.74.